The first-order valence-electron chi connectivity index (χ1n) is 3.16. The Bertz CT molecular complexity index is 233. The van der Waals surface area contributed by atoms with Crippen LogP contribution in [0.15, 0.2) is 35.9 Å². The molecule has 0 aromatic carbocycles. The summed E-state index contributed by atoms with van der Waals surface area (Å²) >= 11 is 5.56. The van der Waals surface area contributed by atoms with Crippen molar-refractivity contribution in [2.45, 2.75) is 0 Å². The summed E-state index contributed by atoms with van der Waals surface area (Å²) in [5.74, 6) is 0. The topological polar surface area (TPSA) is 52.3 Å². The Hall–Kier alpha value is -1.22. The van der Waals surface area contributed by atoms with E-state index in [1.165, 1.54) is 6.08 Å². The minimum atomic E-state index is -0.845. The molecule has 0 spiro atoms. The standard InChI is InChI=1S/C8H10ClNO2/c1-3-4-7(6(2)9)5-12-8(10)11/h3-4H,1-2,5H2,(H2,10,11)/b7-4-. The second-order valence-electron chi connectivity index (χ2n) is 1.94. The number of hydrogen-bond donors (Lipinski definition) is 1. The summed E-state index contributed by atoms with van der Waals surface area (Å²) in [6.07, 6.45) is 2.27. The molecule has 0 aromatic rings. The second kappa shape index (κ2) is 5.43. The van der Waals surface area contributed by atoms with E-state index in [4.69, 9.17) is 17.3 Å². The van der Waals surface area contributed by atoms with Gasteiger partial charge in [0.05, 0.1) is 0 Å². The van der Waals surface area contributed by atoms with Crippen molar-refractivity contribution in [2.24, 2.45) is 5.73 Å². The summed E-state index contributed by atoms with van der Waals surface area (Å²) < 4.78 is 4.50. The fourth-order valence-corrected chi connectivity index (χ4v) is 0.626. The molecule has 0 heterocycles. The van der Waals surface area contributed by atoms with Gasteiger partial charge in [-0.05, 0) is 0 Å². The average molecular weight is 188 g/mol. The zero-order chi connectivity index (χ0) is 9.56. The monoisotopic (exact) mass is 187 g/mol. The highest BCUT2D eigenvalue weighted by atomic mass is 35.5. The van der Waals surface area contributed by atoms with Gasteiger partial charge in [-0.1, -0.05) is 36.9 Å². The SMILES string of the molecule is C=C/C=C(/COC(N)=O)C(=C)Cl. The number of nitrogens with two attached hydrogens (primary N) is 1. The van der Waals surface area contributed by atoms with E-state index in [1.54, 1.807) is 6.08 Å². The number of amides is 1. The summed E-state index contributed by atoms with van der Waals surface area (Å²) in [7, 11) is 0. The molecule has 0 saturated carbocycles. The fraction of sp³-hybridized carbons (Fsp3) is 0.125. The van der Waals surface area contributed by atoms with Crippen LogP contribution in [0.5, 0.6) is 0 Å². The van der Waals surface area contributed by atoms with Gasteiger partial charge in [0.25, 0.3) is 0 Å². The Balaban J connectivity index is 4.15. The summed E-state index contributed by atoms with van der Waals surface area (Å²) in [5, 5.41) is 0.302. The smallest absolute Gasteiger partial charge is 0.404 e. The van der Waals surface area contributed by atoms with Crippen LogP contribution >= 0.6 is 11.6 Å². The molecule has 0 aliphatic carbocycles. The van der Waals surface area contributed by atoms with Crippen molar-refractivity contribution < 1.29 is 9.53 Å². The highest BCUT2D eigenvalue weighted by molar-refractivity contribution is 6.31. The molecule has 0 radical (unpaired) electrons. The Kier molecular flexibility index (Phi) is 4.88. The van der Waals surface area contributed by atoms with Crippen LogP contribution in [0.2, 0.25) is 0 Å². The van der Waals surface area contributed by atoms with Crippen molar-refractivity contribution in [3.05, 3.63) is 35.9 Å². The highest BCUT2D eigenvalue weighted by Crippen LogP contribution is 2.12. The third-order valence-electron chi connectivity index (χ3n) is 1.04. The molecule has 1 amide bonds. The zero-order valence-corrected chi connectivity index (χ0v) is 7.30. The molecule has 0 aliphatic rings. The molecule has 0 fully saturated rings. The van der Waals surface area contributed by atoms with Gasteiger partial charge in [0.2, 0.25) is 0 Å². The van der Waals surface area contributed by atoms with Crippen molar-refractivity contribution >= 4 is 17.7 Å². The molecule has 0 unspecified atom stereocenters. The zero-order valence-electron chi connectivity index (χ0n) is 6.55. The molecule has 0 bridgehead atoms. The molecule has 4 heteroatoms. The van der Waals surface area contributed by atoms with Gasteiger partial charge >= 0.3 is 6.09 Å². The largest absolute Gasteiger partial charge is 0.445 e. The maximum absolute atomic E-state index is 10.2. The minimum Gasteiger partial charge on any atom is -0.445 e. The lowest BCUT2D eigenvalue weighted by Gasteiger charge is -2.03. The molecule has 3 nitrogen and oxygen atoms in total. The molecule has 12 heavy (non-hydrogen) atoms. The second-order valence-corrected chi connectivity index (χ2v) is 2.40. The number of carbonyl (C=O) groups is 1. The molecular weight excluding hydrogens is 178 g/mol. The maximum atomic E-state index is 10.2. The van der Waals surface area contributed by atoms with E-state index in [-0.39, 0.29) is 6.61 Å². The lowest BCUT2D eigenvalue weighted by atomic mass is 10.2. The van der Waals surface area contributed by atoms with Crippen LogP contribution in [-0.4, -0.2) is 12.7 Å². The van der Waals surface area contributed by atoms with Crippen molar-refractivity contribution in [1.82, 2.24) is 0 Å². The summed E-state index contributed by atoms with van der Waals surface area (Å²) in [5.41, 5.74) is 5.32. The summed E-state index contributed by atoms with van der Waals surface area (Å²) in [6.45, 7) is 6.95. The number of hydrogen-bond acceptors (Lipinski definition) is 2. The third-order valence-corrected chi connectivity index (χ3v) is 1.28. The summed E-state index contributed by atoms with van der Waals surface area (Å²) in [4.78, 5) is 10.2. The van der Waals surface area contributed by atoms with Gasteiger partial charge in [-0.25, -0.2) is 4.79 Å². The normalized spacial score (nSPS) is 10.6. The highest BCUT2D eigenvalue weighted by Gasteiger charge is 2.01. The van der Waals surface area contributed by atoms with Crippen LogP contribution in [0.4, 0.5) is 4.79 Å². The molecule has 0 rings (SSSR count). The van der Waals surface area contributed by atoms with Crippen LogP contribution in [0.3, 0.4) is 0 Å². The Morgan fingerprint density at radius 2 is 2.25 bits per heavy atom. The summed E-state index contributed by atoms with van der Waals surface area (Å²) in [6, 6.07) is 0. The van der Waals surface area contributed by atoms with Crippen LogP contribution in [0, 0.1) is 0 Å². The van der Waals surface area contributed by atoms with E-state index < -0.39 is 6.09 Å². The number of ether oxygens (including phenoxy) is 1. The number of carbonyl (C=O) groups excluding carboxylic acids is 1. The molecule has 2 N–H and O–H groups in total. The Morgan fingerprint density at radius 3 is 2.58 bits per heavy atom. The van der Waals surface area contributed by atoms with Gasteiger partial charge in [0, 0.05) is 10.6 Å². The van der Waals surface area contributed by atoms with Crippen molar-refractivity contribution in [3.8, 4) is 0 Å². The Labute approximate surface area is 76.1 Å². The van der Waals surface area contributed by atoms with Gasteiger partial charge < -0.3 is 10.5 Å². The van der Waals surface area contributed by atoms with E-state index in [0.717, 1.165) is 0 Å². The van der Waals surface area contributed by atoms with Gasteiger partial charge in [-0.2, -0.15) is 0 Å². The molecule has 0 aliphatic heterocycles. The lowest BCUT2D eigenvalue weighted by Crippen LogP contribution is -2.14. The van der Waals surface area contributed by atoms with Crippen LogP contribution in [0.1, 0.15) is 0 Å². The molecule has 66 valence electrons. The first-order chi connectivity index (χ1) is 5.57. The molecule has 0 aromatic heterocycles. The maximum Gasteiger partial charge on any atom is 0.404 e. The van der Waals surface area contributed by atoms with Crippen LogP contribution < -0.4 is 5.73 Å². The number of allylic oxidation sites excluding steroid dienone is 2. The van der Waals surface area contributed by atoms with E-state index in [0.29, 0.717) is 10.6 Å². The first kappa shape index (κ1) is 10.8. The van der Waals surface area contributed by atoms with Crippen molar-refractivity contribution in [3.63, 3.8) is 0 Å². The van der Waals surface area contributed by atoms with E-state index in [2.05, 4.69) is 17.9 Å². The van der Waals surface area contributed by atoms with Crippen LogP contribution in [0.25, 0.3) is 0 Å². The van der Waals surface area contributed by atoms with Gasteiger partial charge in [-0.15, -0.1) is 0 Å². The number of rotatable bonds is 4. The average Bonchev–Trinajstić information content (AvgIpc) is 1.96. The van der Waals surface area contributed by atoms with Gasteiger partial charge in [0.15, 0.2) is 0 Å². The van der Waals surface area contributed by atoms with Crippen molar-refractivity contribution in [1.29, 1.82) is 0 Å². The van der Waals surface area contributed by atoms with Gasteiger partial charge in [-0.3, -0.25) is 0 Å². The van der Waals surface area contributed by atoms with Gasteiger partial charge in [0.1, 0.15) is 6.61 Å². The predicted molar refractivity (Wildman–Crippen MR) is 48.8 cm³/mol. The predicted octanol–water partition coefficient (Wildman–Crippen LogP) is 1.95. The minimum absolute atomic E-state index is 0.0175. The fourth-order valence-electron chi connectivity index (χ4n) is 0.508. The molecular formula is C8H10ClNO2. The molecule has 0 saturated heterocycles. The number of primary amides is 1. The first-order valence-corrected chi connectivity index (χ1v) is 3.54. The lowest BCUT2D eigenvalue weighted by molar-refractivity contribution is 0.167. The van der Waals surface area contributed by atoms with E-state index in [9.17, 15) is 4.79 Å². The third kappa shape index (κ3) is 4.57. The molecule has 0 atom stereocenters. The van der Waals surface area contributed by atoms with E-state index >= 15 is 0 Å². The number of halogens is 1. The Morgan fingerprint density at radius 1 is 1.67 bits per heavy atom. The van der Waals surface area contributed by atoms with Crippen molar-refractivity contribution in [2.75, 3.05) is 6.61 Å². The van der Waals surface area contributed by atoms with E-state index in [1.807, 2.05) is 0 Å². The quantitative estimate of drug-likeness (QED) is 0.684. The van der Waals surface area contributed by atoms with Crippen LogP contribution in [-0.2, 0) is 4.74 Å².